The van der Waals surface area contributed by atoms with Crippen molar-refractivity contribution in [1.82, 2.24) is 15.3 Å². The zero-order valence-electron chi connectivity index (χ0n) is 15.7. The first-order valence-electron chi connectivity index (χ1n) is 8.34. The van der Waals surface area contributed by atoms with E-state index in [0.717, 1.165) is 0 Å². The summed E-state index contributed by atoms with van der Waals surface area (Å²) < 4.78 is 21.1. The lowest BCUT2D eigenvalue weighted by molar-refractivity contribution is 0.0947. The highest BCUT2D eigenvalue weighted by atomic mass is 16.5. The third kappa shape index (κ3) is 4.32. The number of furan rings is 1. The van der Waals surface area contributed by atoms with Crippen LogP contribution >= 0.6 is 0 Å². The van der Waals surface area contributed by atoms with E-state index in [1.807, 2.05) is 0 Å². The number of nitrogens with zero attached hydrogens (tertiary/aromatic N) is 2. The molecule has 9 nitrogen and oxygen atoms in total. The van der Waals surface area contributed by atoms with E-state index in [-0.39, 0.29) is 12.5 Å². The SMILES string of the molecule is COc1cc(Nc2ncc(C(=O)NCc3ccco3)cn2)cc(OC)c1OC. The zero-order valence-corrected chi connectivity index (χ0v) is 15.7. The molecule has 0 aliphatic carbocycles. The second-order valence-electron chi connectivity index (χ2n) is 5.60. The molecule has 0 aliphatic rings. The van der Waals surface area contributed by atoms with Crippen molar-refractivity contribution >= 4 is 17.5 Å². The van der Waals surface area contributed by atoms with E-state index in [2.05, 4.69) is 20.6 Å². The summed E-state index contributed by atoms with van der Waals surface area (Å²) in [5.41, 5.74) is 0.978. The molecular formula is C19H20N4O5. The van der Waals surface area contributed by atoms with Gasteiger partial charge in [0.2, 0.25) is 11.7 Å². The standard InChI is InChI=1S/C19H20N4O5/c1-25-15-7-13(8-16(26-2)17(15)27-3)23-19-21-9-12(10-22-19)18(24)20-11-14-5-4-6-28-14/h4-10H,11H2,1-3H3,(H,20,24)(H,21,22,23). The van der Waals surface area contributed by atoms with Gasteiger partial charge in [-0.3, -0.25) is 4.79 Å². The average molecular weight is 384 g/mol. The van der Waals surface area contributed by atoms with Gasteiger partial charge in [-0.1, -0.05) is 0 Å². The number of carbonyl (C=O) groups excluding carboxylic acids is 1. The summed E-state index contributed by atoms with van der Waals surface area (Å²) >= 11 is 0. The van der Waals surface area contributed by atoms with E-state index in [0.29, 0.717) is 40.2 Å². The van der Waals surface area contributed by atoms with Crippen LogP contribution in [0.15, 0.2) is 47.3 Å². The van der Waals surface area contributed by atoms with Crippen LogP contribution in [0, 0.1) is 0 Å². The lowest BCUT2D eigenvalue weighted by atomic mass is 10.2. The molecule has 3 aromatic rings. The van der Waals surface area contributed by atoms with Crippen LogP contribution in [0.4, 0.5) is 11.6 Å². The molecule has 0 radical (unpaired) electrons. The summed E-state index contributed by atoms with van der Waals surface area (Å²) in [4.78, 5) is 20.5. The summed E-state index contributed by atoms with van der Waals surface area (Å²) in [6.07, 6.45) is 4.42. The first kappa shape index (κ1) is 19.0. The normalized spacial score (nSPS) is 10.2. The van der Waals surface area contributed by atoms with E-state index < -0.39 is 0 Å². The molecule has 0 bridgehead atoms. The molecule has 1 aromatic carbocycles. The van der Waals surface area contributed by atoms with Crippen molar-refractivity contribution in [2.75, 3.05) is 26.6 Å². The third-order valence-electron chi connectivity index (χ3n) is 3.84. The Hall–Kier alpha value is -3.75. The molecule has 0 spiro atoms. The van der Waals surface area contributed by atoms with E-state index in [1.165, 1.54) is 33.7 Å². The second kappa shape index (κ2) is 8.76. The fraction of sp³-hybridized carbons (Fsp3) is 0.211. The maximum Gasteiger partial charge on any atom is 0.254 e. The number of hydrogen-bond donors (Lipinski definition) is 2. The van der Waals surface area contributed by atoms with Crippen LogP contribution < -0.4 is 24.8 Å². The summed E-state index contributed by atoms with van der Waals surface area (Å²) in [6, 6.07) is 7.00. The van der Waals surface area contributed by atoms with Gasteiger partial charge in [0.25, 0.3) is 5.91 Å². The van der Waals surface area contributed by atoms with Crippen LogP contribution in [0.1, 0.15) is 16.1 Å². The molecule has 146 valence electrons. The van der Waals surface area contributed by atoms with E-state index in [9.17, 15) is 4.79 Å². The number of rotatable bonds is 8. The second-order valence-corrected chi connectivity index (χ2v) is 5.60. The first-order chi connectivity index (χ1) is 13.6. The summed E-state index contributed by atoms with van der Waals surface area (Å²) in [5.74, 6) is 2.17. The van der Waals surface area contributed by atoms with E-state index in [1.54, 1.807) is 30.5 Å². The summed E-state index contributed by atoms with van der Waals surface area (Å²) in [7, 11) is 4.60. The number of hydrogen-bond acceptors (Lipinski definition) is 8. The fourth-order valence-electron chi connectivity index (χ4n) is 2.47. The predicted molar refractivity (Wildman–Crippen MR) is 101 cm³/mol. The van der Waals surface area contributed by atoms with Crippen molar-refractivity contribution in [3.63, 3.8) is 0 Å². The molecular weight excluding hydrogens is 364 g/mol. The Balaban J connectivity index is 1.69. The predicted octanol–water partition coefficient (Wildman–Crippen LogP) is 2.77. The maximum atomic E-state index is 12.1. The highest BCUT2D eigenvalue weighted by Crippen LogP contribution is 2.40. The van der Waals surface area contributed by atoms with E-state index >= 15 is 0 Å². The number of methoxy groups -OCH3 is 3. The monoisotopic (exact) mass is 384 g/mol. The van der Waals surface area contributed by atoms with Gasteiger partial charge in [-0.15, -0.1) is 0 Å². The summed E-state index contributed by atoms with van der Waals surface area (Å²) in [6.45, 7) is 0.289. The van der Waals surface area contributed by atoms with Crippen LogP contribution in [0.2, 0.25) is 0 Å². The smallest absolute Gasteiger partial charge is 0.254 e. The number of carbonyl (C=O) groups is 1. The van der Waals surface area contributed by atoms with Crippen LogP contribution in [0.25, 0.3) is 0 Å². The van der Waals surface area contributed by atoms with Gasteiger partial charge in [-0.2, -0.15) is 0 Å². The Bertz CT molecular complexity index is 901. The van der Waals surface area contributed by atoms with Gasteiger partial charge in [0.05, 0.1) is 39.7 Å². The number of nitrogens with one attached hydrogen (secondary N) is 2. The van der Waals surface area contributed by atoms with Gasteiger partial charge < -0.3 is 29.3 Å². The zero-order chi connectivity index (χ0) is 19.9. The molecule has 2 N–H and O–H groups in total. The molecule has 0 unspecified atom stereocenters. The number of aromatic nitrogens is 2. The fourth-order valence-corrected chi connectivity index (χ4v) is 2.47. The molecule has 0 atom stereocenters. The largest absolute Gasteiger partial charge is 0.493 e. The van der Waals surface area contributed by atoms with Crippen LogP contribution in [0.5, 0.6) is 17.2 Å². The Kier molecular flexibility index (Phi) is 5.95. The van der Waals surface area contributed by atoms with Crippen molar-refractivity contribution in [1.29, 1.82) is 0 Å². The third-order valence-corrected chi connectivity index (χ3v) is 3.84. The Morgan fingerprint density at radius 2 is 1.75 bits per heavy atom. The van der Waals surface area contributed by atoms with Crippen molar-refractivity contribution < 1.29 is 23.4 Å². The summed E-state index contributed by atoms with van der Waals surface area (Å²) in [5, 5.41) is 5.77. The van der Waals surface area contributed by atoms with Gasteiger partial charge in [-0.05, 0) is 12.1 Å². The van der Waals surface area contributed by atoms with Gasteiger partial charge in [0, 0.05) is 30.2 Å². The van der Waals surface area contributed by atoms with Crippen molar-refractivity contribution in [3.8, 4) is 17.2 Å². The molecule has 0 fully saturated rings. The topological polar surface area (TPSA) is 108 Å². The van der Waals surface area contributed by atoms with Gasteiger partial charge in [0.1, 0.15) is 5.76 Å². The molecule has 0 saturated heterocycles. The maximum absolute atomic E-state index is 12.1. The molecule has 1 amide bonds. The molecule has 0 saturated carbocycles. The lowest BCUT2D eigenvalue weighted by Crippen LogP contribution is -2.22. The van der Waals surface area contributed by atoms with Crippen LogP contribution in [-0.4, -0.2) is 37.2 Å². The highest BCUT2D eigenvalue weighted by molar-refractivity contribution is 5.93. The molecule has 2 aromatic heterocycles. The van der Waals surface area contributed by atoms with Crippen LogP contribution in [-0.2, 0) is 6.54 Å². The number of benzene rings is 1. The minimum atomic E-state index is -0.296. The molecule has 2 heterocycles. The number of anilines is 2. The van der Waals surface area contributed by atoms with E-state index in [4.69, 9.17) is 18.6 Å². The highest BCUT2D eigenvalue weighted by Gasteiger charge is 2.14. The van der Waals surface area contributed by atoms with Gasteiger partial charge in [-0.25, -0.2) is 9.97 Å². The van der Waals surface area contributed by atoms with Gasteiger partial charge in [0.15, 0.2) is 11.5 Å². The van der Waals surface area contributed by atoms with Crippen molar-refractivity contribution in [3.05, 3.63) is 54.2 Å². The van der Waals surface area contributed by atoms with Crippen LogP contribution in [0.3, 0.4) is 0 Å². The Morgan fingerprint density at radius 1 is 1.07 bits per heavy atom. The Morgan fingerprint density at radius 3 is 2.29 bits per heavy atom. The lowest BCUT2D eigenvalue weighted by Gasteiger charge is -2.14. The van der Waals surface area contributed by atoms with Crippen molar-refractivity contribution in [2.24, 2.45) is 0 Å². The minimum absolute atomic E-state index is 0.289. The average Bonchev–Trinajstić information content (AvgIpc) is 3.25. The Labute approximate surface area is 161 Å². The number of ether oxygens (including phenoxy) is 3. The minimum Gasteiger partial charge on any atom is -0.493 e. The molecule has 9 heteroatoms. The number of amides is 1. The molecule has 3 rings (SSSR count). The van der Waals surface area contributed by atoms with Crippen molar-refractivity contribution in [2.45, 2.75) is 6.54 Å². The quantitative estimate of drug-likeness (QED) is 0.610. The van der Waals surface area contributed by atoms with Gasteiger partial charge >= 0.3 is 0 Å². The first-order valence-corrected chi connectivity index (χ1v) is 8.34. The molecule has 28 heavy (non-hydrogen) atoms. The molecule has 0 aliphatic heterocycles.